The summed E-state index contributed by atoms with van der Waals surface area (Å²) >= 11 is 7.49. The number of amides is 1. The number of aromatic nitrogens is 4. The molecule has 0 spiro atoms. The molecule has 2 heterocycles. The van der Waals surface area contributed by atoms with Gasteiger partial charge in [0.05, 0.1) is 17.8 Å². The lowest BCUT2D eigenvalue weighted by atomic mass is 10.1. The molecule has 0 bridgehead atoms. The molecule has 3 rings (SSSR count). The topological polar surface area (TPSA) is 85.8 Å². The predicted molar refractivity (Wildman–Crippen MR) is 94.9 cm³/mol. The Bertz CT molecular complexity index is 902. The maximum Gasteiger partial charge on any atom is 0.229 e. The van der Waals surface area contributed by atoms with Gasteiger partial charge in [-0.15, -0.1) is 10.2 Å². The third-order valence-electron chi connectivity index (χ3n) is 3.61. The summed E-state index contributed by atoms with van der Waals surface area (Å²) in [5.74, 6) is 0.476. The Morgan fingerprint density at radius 1 is 1.40 bits per heavy atom. The summed E-state index contributed by atoms with van der Waals surface area (Å²) in [4.78, 5) is 13.3. The normalized spacial score (nSPS) is 10.9. The lowest BCUT2D eigenvalue weighted by Gasteiger charge is -2.11. The molecule has 2 aromatic heterocycles. The van der Waals surface area contributed by atoms with E-state index in [1.807, 2.05) is 20.0 Å². The molecule has 0 atom stereocenters. The second-order valence-electron chi connectivity index (χ2n) is 5.49. The van der Waals surface area contributed by atoms with Crippen LogP contribution in [0.25, 0.3) is 0 Å². The van der Waals surface area contributed by atoms with E-state index in [2.05, 4.69) is 20.7 Å². The molecule has 1 amide bonds. The first-order valence-electron chi connectivity index (χ1n) is 7.47. The quantitative estimate of drug-likeness (QED) is 0.733. The van der Waals surface area contributed by atoms with Crippen LogP contribution in [0.2, 0.25) is 5.02 Å². The molecule has 3 aromatic rings. The summed E-state index contributed by atoms with van der Waals surface area (Å²) in [6.45, 7) is 3.60. The standard InChI is InChI=1S/C16H16ClN5O2S/c1-9-12(10(2)24-21-9)7-15(23)19-13-6-11(17)4-5-14(13)25-16-20-18-8-22(16)3/h4-6,8H,7H2,1-3H3,(H,19,23). The molecule has 25 heavy (non-hydrogen) atoms. The van der Waals surface area contributed by atoms with Crippen molar-refractivity contribution in [3.8, 4) is 0 Å². The fourth-order valence-electron chi connectivity index (χ4n) is 2.26. The summed E-state index contributed by atoms with van der Waals surface area (Å²) < 4.78 is 6.90. The van der Waals surface area contributed by atoms with Gasteiger partial charge in [-0.25, -0.2) is 0 Å². The number of halogens is 1. The van der Waals surface area contributed by atoms with E-state index in [1.165, 1.54) is 11.8 Å². The Kier molecular flexibility index (Phi) is 5.10. The highest BCUT2D eigenvalue weighted by Crippen LogP contribution is 2.34. The minimum absolute atomic E-state index is 0.170. The average molecular weight is 378 g/mol. The highest BCUT2D eigenvalue weighted by molar-refractivity contribution is 7.99. The van der Waals surface area contributed by atoms with Gasteiger partial charge in [0, 0.05) is 22.5 Å². The first-order chi connectivity index (χ1) is 11.9. The van der Waals surface area contributed by atoms with Gasteiger partial charge in [0.1, 0.15) is 12.1 Å². The first-order valence-corrected chi connectivity index (χ1v) is 8.66. The highest BCUT2D eigenvalue weighted by atomic mass is 35.5. The number of carbonyl (C=O) groups excluding carboxylic acids is 1. The number of nitrogens with zero attached hydrogens (tertiary/aromatic N) is 4. The zero-order chi connectivity index (χ0) is 18.0. The zero-order valence-electron chi connectivity index (χ0n) is 13.9. The fraction of sp³-hybridized carbons (Fsp3) is 0.250. The molecular weight excluding hydrogens is 362 g/mol. The van der Waals surface area contributed by atoms with Gasteiger partial charge in [0.15, 0.2) is 5.16 Å². The van der Waals surface area contributed by atoms with Crippen LogP contribution < -0.4 is 5.32 Å². The smallest absolute Gasteiger partial charge is 0.229 e. The summed E-state index contributed by atoms with van der Waals surface area (Å²) in [7, 11) is 1.86. The average Bonchev–Trinajstić information content (AvgIpc) is 3.10. The second kappa shape index (κ2) is 7.28. The Labute approximate surface area is 153 Å². The third-order valence-corrected chi connectivity index (χ3v) is 4.97. The minimum atomic E-state index is -0.170. The number of anilines is 1. The summed E-state index contributed by atoms with van der Waals surface area (Å²) in [5, 5.41) is 15.9. The molecule has 0 saturated carbocycles. The Hall–Kier alpha value is -2.32. The summed E-state index contributed by atoms with van der Waals surface area (Å²) in [5.41, 5.74) is 2.13. The van der Waals surface area contributed by atoms with Crippen LogP contribution in [0.15, 0.2) is 39.1 Å². The molecule has 9 heteroatoms. The molecule has 0 radical (unpaired) electrons. The summed E-state index contributed by atoms with van der Waals surface area (Å²) in [6.07, 6.45) is 1.80. The van der Waals surface area contributed by atoms with E-state index in [-0.39, 0.29) is 12.3 Å². The molecule has 7 nitrogen and oxygen atoms in total. The van der Waals surface area contributed by atoms with Crippen LogP contribution >= 0.6 is 23.4 Å². The minimum Gasteiger partial charge on any atom is -0.361 e. The van der Waals surface area contributed by atoms with Crippen LogP contribution in [0.3, 0.4) is 0 Å². The van der Waals surface area contributed by atoms with E-state index in [0.717, 1.165) is 10.5 Å². The molecule has 0 aliphatic rings. The van der Waals surface area contributed by atoms with Crippen LogP contribution in [0.5, 0.6) is 0 Å². The second-order valence-corrected chi connectivity index (χ2v) is 6.94. The SMILES string of the molecule is Cc1noc(C)c1CC(=O)Nc1cc(Cl)ccc1Sc1nncn1C. The maximum atomic E-state index is 12.5. The van der Waals surface area contributed by atoms with E-state index < -0.39 is 0 Å². The molecule has 0 unspecified atom stereocenters. The molecule has 0 aliphatic heterocycles. The zero-order valence-corrected chi connectivity index (χ0v) is 15.5. The summed E-state index contributed by atoms with van der Waals surface area (Å²) in [6, 6.07) is 5.32. The van der Waals surface area contributed by atoms with Gasteiger partial charge in [-0.05, 0) is 43.8 Å². The number of hydrogen-bond donors (Lipinski definition) is 1. The number of rotatable bonds is 5. The van der Waals surface area contributed by atoms with E-state index in [4.69, 9.17) is 16.1 Å². The number of nitrogens with one attached hydrogen (secondary N) is 1. The van der Waals surface area contributed by atoms with Crippen molar-refractivity contribution in [3.63, 3.8) is 0 Å². The Morgan fingerprint density at radius 2 is 2.20 bits per heavy atom. The number of benzene rings is 1. The monoisotopic (exact) mass is 377 g/mol. The van der Waals surface area contributed by atoms with Crippen molar-refractivity contribution in [3.05, 3.63) is 46.6 Å². The molecule has 1 aromatic carbocycles. The molecule has 1 N–H and O–H groups in total. The largest absolute Gasteiger partial charge is 0.361 e. The van der Waals surface area contributed by atoms with Gasteiger partial charge < -0.3 is 14.4 Å². The molecule has 0 fully saturated rings. The van der Waals surface area contributed by atoms with Crippen LogP contribution in [-0.2, 0) is 18.3 Å². The van der Waals surface area contributed by atoms with Gasteiger partial charge in [-0.3, -0.25) is 4.79 Å². The molecule has 130 valence electrons. The van der Waals surface area contributed by atoms with Crippen molar-refractivity contribution in [2.45, 2.75) is 30.3 Å². The van der Waals surface area contributed by atoms with Crippen molar-refractivity contribution in [1.82, 2.24) is 19.9 Å². The van der Waals surface area contributed by atoms with Crippen molar-refractivity contribution >= 4 is 35.0 Å². The van der Waals surface area contributed by atoms with Crippen molar-refractivity contribution < 1.29 is 9.32 Å². The number of aryl methyl sites for hydroxylation is 3. The Balaban J connectivity index is 1.80. The van der Waals surface area contributed by atoms with Crippen LogP contribution in [0.1, 0.15) is 17.0 Å². The van der Waals surface area contributed by atoms with Crippen molar-refractivity contribution in [2.24, 2.45) is 7.05 Å². The fourth-order valence-corrected chi connectivity index (χ4v) is 3.27. The van der Waals surface area contributed by atoms with E-state index in [9.17, 15) is 4.79 Å². The van der Waals surface area contributed by atoms with Gasteiger partial charge in [-0.2, -0.15) is 0 Å². The van der Waals surface area contributed by atoms with E-state index >= 15 is 0 Å². The van der Waals surface area contributed by atoms with Gasteiger partial charge in [0.25, 0.3) is 0 Å². The molecule has 0 saturated heterocycles. The van der Waals surface area contributed by atoms with Crippen LogP contribution in [-0.4, -0.2) is 25.8 Å². The third kappa shape index (κ3) is 4.02. The molecular formula is C16H16ClN5O2S. The first kappa shape index (κ1) is 17.5. The Morgan fingerprint density at radius 3 is 2.84 bits per heavy atom. The van der Waals surface area contributed by atoms with E-state index in [1.54, 1.807) is 30.0 Å². The van der Waals surface area contributed by atoms with Crippen LogP contribution in [0.4, 0.5) is 5.69 Å². The lowest BCUT2D eigenvalue weighted by molar-refractivity contribution is -0.115. The van der Waals surface area contributed by atoms with Gasteiger partial charge in [-0.1, -0.05) is 16.8 Å². The molecule has 0 aliphatic carbocycles. The number of carbonyl (C=O) groups is 1. The van der Waals surface area contributed by atoms with Crippen molar-refractivity contribution in [1.29, 1.82) is 0 Å². The predicted octanol–water partition coefficient (Wildman–Crippen LogP) is 3.41. The van der Waals surface area contributed by atoms with Gasteiger partial charge in [0.2, 0.25) is 5.91 Å². The highest BCUT2D eigenvalue weighted by Gasteiger charge is 2.16. The maximum absolute atomic E-state index is 12.5. The van der Waals surface area contributed by atoms with Crippen molar-refractivity contribution in [2.75, 3.05) is 5.32 Å². The lowest BCUT2D eigenvalue weighted by Crippen LogP contribution is -2.15. The van der Waals surface area contributed by atoms with Crippen LogP contribution in [0, 0.1) is 13.8 Å². The van der Waals surface area contributed by atoms with E-state index in [0.29, 0.717) is 27.3 Å². The number of hydrogen-bond acceptors (Lipinski definition) is 6. The van der Waals surface area contributed by atoms with Gasteiger partial charge >= 0.3 is 0 Å².